The fourth-order valence-corrected chi connectivity index (χ4v) is 2.59. The smallest absolute Gasteiger partial charge is 0.319 e. The Morgan fingerprint density at radius 3 is 2.81 bits per heavy atom. The van der Waals surface area contributed by atoms with E-state index in [9.17, 15) is 4.79 Å². The Bertz CT molecular complexity index is 274. The van der Waals surface area contributed by atoms with Gasteiger partial charge in [0.1, 0.15) is 5.60 Å². The molecule has 2 aliphatic heterocycles. The Kier molecular flexibility index (Phi) is 3.08. The molecule has 0 saturated carbocycles. The van der Waals surface area contributed by atoms with E-state index in [0.29, 0.717) is 19.0 Å². The zero-order valence-electron chi connectivity index (χ0n) is 10.2. The maximum absolute atomic E-state index is 11.7. The summed E-state index contributed by atoms with van der Waals surface area (Å²) in [5.74, 6) is 0.434. The molecule has 0 aromatic carbocycles. The van der Waals surface area contributed by atoms with E-state index in [1.54, 1.807) is 26.1 Å². The molecule has 0 aromatic rings. The summed E-state index contributed by atoms with van der Waals surface area (Å²) >= 11 is 0. The molecule has 92 valence electrons. The molecule has 2 rings (SSSR count). The maximum Gasteiger partial charge on any atom is 0.319 e. The van der Waals surface area contributed by atoms with Crippen molar-refractivity contribution >= 4 is 6.03 Å². The van der Waals surface area contributed by atoms with Gasteiger partial charge < -0.3 is 19.3 Å². The van der Waals surface area contributed by atoms with Crippen LogP contribution >= 0.6 is 0 Å². The standard InChI is InChI=1S/C11H20N2O3/c1-12(2)10(14)13-7-11(8-13)9(6-15-3)4-5-16-11/h9H,4-8H2,1-3H3/t9-/m1/s1. The van der Waals surface area contributed by atoms with E-state index < -0.39 is 0 Å². The fraction of sp³-hybridized carbons (Fsp3) is 0.909. The number of likely N-dealkylation sites (tertiary alicyclic amines) is 1. The summed E-state index contributed by atoms with van der Waals surface area (Å²) in [6.45, 7) is 2.93. The molecule has 2 amide bonds. The van der Waals surface area contributed by atoms with E-state index >= 15 is 0 Å². The zero-order chi connectivity index (χ0) is 11.8. The minimum Gasteiger partial charge on any atom is -0.384 e. The van der Waals surface area contributed by atoms with Crippen molar-refractivity contribution in [1.29, 1.82) is 0 Å². The minimum atomic E-state index is -0.123. The lowest BCUT2D eigenvalue weighted by atomic mass is 9.81. The predicted octanol–water partition coefficient (Wildman–Crippen LogP) is 0.405. The largest absolute Gasteiger partial charge is 0.384 e. The third-order valence-electron chi connectivity index (χ3n) is 3.54. The molecule has 1 atom stereocenters. The first-order valence-electron chi connectivity index (χ1n) is 5.68. The van der Waals surface area contributed by atoms with Crippen LogP contribution in [0.5, 0.6) is 0 Å². The molecule has 5 nitrogen and oxygen atoms in total. The second-order valence-electron chi connectivity index (χ2n) is 4.89. The number of hydrogen-bond donors (Lipinski definition) is 0. The van der Waals surface area contributed by atoms with Crippen LogP contribution in [0.4, 0.5) is 4.79 Å². The third-order valence-corrected chi connectivity index (χ3v) is 3.54. The first-order chi connectivity index (χ1) is 7.59. The molecule has 0 bridgehead atoms. The highest BCUT2D eigenvalue weighted by molar-refractivity contribution is 5.75. The van der Waals surface area contributed by atoms with Gasteiger partial charge >= 0.3 is 6.03 Å². The number of rotatable bonds is 2. The van der Waals surface area contributed by atoms with Gasteiger partial charge in [-0.25, -0.2) is 4.79 Å². The Morgan fingerprint density at radius 2 is 2.25 bits per heavy atom. The lowest BCUT2D eigenvalue weighted by molar-refractivity contribution is -0.125. The first-order valence-corrected chi connectivity index (χ1v) is 5.68. The van der Waals surface area contributed by atoms with Crippen molar-refractivity contribution in [2.24, 2.45) is 5.92 Å². The Balaban J connectivity index is 1.92. The summed E-state index contributed by atoms with van der Waals surface area (Å²) in [6.07, 6.45) is 1.04. The van der Waals surface area contributed by atoms with E-state index in [2.05, 4.69) is 0 Å². The number of ether oxygens (including phenoxy) is 2. The van der Waals surface area contributed by atoms with Gasteiger partial charge in [-0.1, -0.05) is 0 Å². The van der Waals surface area contributed by atoms with Crippen molar-refractivity contribution in [3.05, 3.63) is 0 Å². The highest BCUT2D eigenvalue weighted by atomic mass is 16.5. The van der Waals surface area contributed by atoms with Gasteiger partial charge in [0.2, 0.25) is 0 Å². The number of urea groups is 1. The van der Waals surface area contributed by atoms with Crippen LogP contribution in [0.2, 0.25) is 0 Å². The first kappa shape index (κ1) is 11.7. The van der Waals surface area contributed by atoms with Gasteiger partial charge in [0.05, 0.1) is 19.7 Å². The van der Waals surface area contributed by atoms with Gasteiger partial charge in [0.15, 0.2) is 0 Å². The molecule has 0 radical (unpaired) electrons. The van der Waals surface area contributed by atoms with Crippen LogP contribution in [0.3, 0.4) is 0 Å². The maximum atomic E-state index is 11.7. The molecule has 2 aliphatic rings. The van der Waals surface area contributed by atoms with Gasteiger partial charge in [-0.3, -0.25) is 0 Å². The Labute approximate surface area is 96.3 Å². The average Bonchev–Trinajstić information content (AvgIpc) is 2.58. The molecule has 0 aromatic heterocycles. The molecule has 2 heterocycles. The zero-order valence-corrected chi connectivity index (χ0v) is 10.2. The molecule has 1 spiro atoms. The summed E-state index contributed by atoms with van der Waals surface area (Å²) in [6, 6.07) is 0.0669. The molecule has 0 unspecified atom stereocenters. The van der Waals surface area contributed by atoms with Crippen molar-refractivity contribution in [1.82, 2.24) is 9.80 Å². The van der Waals surface area contributed by atoms with E-state index in [-0.39, 0.29) is 11.6 Å². The van der Waals surface area contributed by atoms with Crippen molar-refractivity contribution in [3.8, 4) is 0 Å². The lowest BCUT2D eigenvalue weighted by Crippen LogP contribution is -2.67. The third kappa shape index (κ3) is 1.78. The van der Waals surface area contributed by atoms with E-state index in [1.807, 2.05) is 4.90 Å². The quantitative estimate of drug-likeness (QED) is 0.687. The number of methoxy groups -OCH3 is 1. The second-order valence-corrected chi connectivity index (χ2v) is 4.89. The van der Waals surface area contributed by atoms with E-state index in [4.69, 9.17) is 9.47 Å². The number of hydrogen-bond acceptors (Lipinski definition) is 3. The minimum absolute atomic E-state index is 0.0669. The summed E-state index contributed by atoms with van der Waals surface area (Å²) in [5.41, 5.74) is -0.123. The molecule has 2 saturated heterocycles. The summed E-state index contributed by atoms with van der Waals surface area (Å²) < 4.78 is 11.0. The average molecular weight is 228 g/mol. The van der Waals surface area contributed by atoms with Crippen LogP contribution in [-0.4, -0.2) is 68.9 Å². The predicted molar refractivity (Wildman–Crippen MR) is 59.3 cm³/mol. The molecule has 16 heavy (non-hydrogen) atoms. The van der Waals surface area contributed by atoms with Crippen molar-refractivity contribution in [2.75, 3.05) is 47.5 Å². The molecule has 5 heteroatoms. The van der Waals surface area contributed by atoms with Crippen molar-refractivity contribution < 1.29 is 14.3 Å². The normalized spacial score (nSPS) is 26.9. The Hall–Kier alpha value is -0.810. The lowest BCUT2D eigenvalue weighted by Gasteiger charge is -2.50. The van der Waals surface area contributed by atoms with Crippen LogP contribution in [0.15, 0.2) is 0 Å². The van der Waals surface area contributed by atoms with E-state index in [1.165, 1.54) is 0 Å². The number of nitrogens with zero attached hydrogens (tertiary/aromatic N) is 2. The highest BCUT2D eigenvalue weighted by Crippen LogP contribution is 2.40. The van der Waals surface area contributed by atoms with Crippen LogP contribution in [0.25, 0.3) is 0 Å². The highest BCUT2D eigenvalue weighted by Gasteiger charge is 2.54. The van der Waals surface area contributed by atoms with Crippen LogP contribution in [0.1, 0.15) is 6.42 Å². The fourth-order valence-electron chi connectivity index (χ4n) is 2.59. The van der Waals surface area contributed by atoms with Crippen molar-refractivity contribution in [3.63, 3.8) is 0 Å². The van der Waals surface area contributed by atoms with Gasteiger partial charge in [-0.15, -0.1) is 0 Å². The van der Waals surface area contributed by atoms with Crippen LogP contribution in [-0.2, 0) is 9.47 Å². The number of carbonyl (C=O) groups is 1. The second kappa shape index (κ2) is 4.22. The molecule has 0 N–H and O–H groups in total. The summed E-state index contributed by atoms with van der Waals surface area (Å²) in [5, 5.41) is 0. The number of amides is 2. The van der Waals surface area contributed by atoms with Gasteiger partial charge in [0.25, 0.3) is 0 Å². The topological polar surface area (TPSA) is 42.0 Å². The number of carbonyl (C=O) groups excluding carboxylic acids is 1. The molecule has 0 aliphatic carbocycles. The molecular weight excluding hydrogens is 208 g/mol. The van der Waals surface area contributed by atoms with Crippen LogP contribution in [0, 0.1) is 5.92 Å². The van der Waals surface area contributed by atoms with Gasteiger partial charge in [0, 0.05) is 33.7 Å². The molecular formula is C11H20N2O3. The van der Waals surface area contributed by atoms with Crippen LogP contribution < -0.4 is 0 Å². The van der Waals surface area contributed by atoms with E-state index in [0.717, 1.165) is 19.6 Å². The Morgan fingerprint density at radius 1 is 1.56 bits per heavy atom. The SMILES string of the molecule is COC[C@H]1CCOC12CN(C(=O)N(C)C)C2. The molecule has 2 fully saturated rings. The van der Waals surface area contributed by atoms with Crippen molar-refractivity contribution in [2.45, 2.75) is 12.0 Å². The van der Waals surface area contributed by atoms with Gasteiger partial charge in [-0.2, -0.15) is 0 Å². The monoisotopic (exact) mass is 228 g/mol. The van der Waals surface area contributed by atoms with Gasteiger partial charge in [-0.05, 0) is 6.42 Å². The summed E-state index contributed by atoms with van der Waals surface area (Å²) in [7, 11) is 5.26. The summed E-state index contributed by atoms with van der Waals surface area (Å²) in [4.78, 5) is 15.1.